The topological polar surface area (TPSA) is 94.5 Å². The molecule has 8 heteroatoms. The van der Waals surface area contributed by atoms with Crippen LogP contribution in [0.15, 0.2) is 48.0 Å². The first-order chi connectivity index (χ1) is 16.0. The third-order valence-corrected chi connectivity index (χ3v) is 6.04. The van der Waals surface area contributed by atoms with Crippen LogP contribution in [0.25, 0.3) is 5.76 Å². The minimum absolute atomic E-state index is 0.0159. The van der Waals surface area contributed by atoms with E-state index >= 15 is 0 Å². The molecule has 2 unspecified atom stereocenters. The van der Waals surface area contributed by atoms with Crippen molar-refractivity contribution in [3.05, 3.63) is 59.2 Å². The number of aliphatic hydroxyl groups excluding tert-OH is 1. The van der Waals surface area contributed by atoms with Crippen molar-refractivity contribution < 1.29 is 33.6 Å². The van der Waals surface area contributed by atoms with Gasteiger partial charge in [0, 0.05) is 13.2 Å². The van der Waals surface area contributed by atoms with Gasteiger partial charge in [-0.3, -0.25) is 9.59 Å². The predicted octanol–water partition coefficient (Wildman–Crippen LogP) is 3.31. The van der Waals surface area contributed by atoms with E-state index in [1.165, 1.54) is 19.1 Å². The highest BCUT2D eigenvalue weighted by atomic mass is 16.5. The fraction of sp³-hybridized carbons (Fsp3) is 0.360. The summed E-state index contributed by atoms with van der Waals surface area (Å²) in [5.74, 6) is -0.363. The van der Waals surface area contributed by atoms with Crippen LogP contribution in [0, 0.1) is 0 Å². The lowest BCUT2D eigenvalue weighted by Gasteiger charge is -2.27. The zero-order valence-corrected chi connectivity index (χ0v) is 18.9. The van der Waals surface area contributed by atoms with Crippen LogP contribution < -0.4 is 14.2 Å². The monoisotopic (exact) mass is 453 g/mol. The average Bonchev–Trinajstić information content (AvgIpc) is 3.45. The maximum Gasteiger partial charge on any atom is 0.295 e. The van der Waals surface area contributed by atoms with E-state index in [2.05, 4.69) is 0 Å². The Morgan fingerprint density at radius 1 is 1.06 bits per heavy atom. The molecule has 2 fully saturated rings. The molecule has 0 saturated carbocycles. The Hall–Kier alpha value is -3.52. The summed E-state index contributed by atoms with van der Waals surface area (Å²) in [5.41, 5.74) is 0.896. The van der Waals surface area contributed by atoms with E-state index in [0.717, 1.165) is 12.8 Å². The minimum atomic E-state index is -0.805. The molecular weight excluding hydrogens is 426 g/mol. The molecule has 33 heavy (non-hydrogen) atoms. The van der Waals surface area contributed by atoms with E-state index in [-0.39, 0.29) is 29.5 Å². The van der Waals surface area contributed by atoms with Gasteiger partial charge in [-0.1, -0.05) is 12.1 Å². The highest BCUT2D eigenvalue weighted by Gasteiger charge is 2.47. The molecule has 1 amide bonds. The Bertz CT molecular complexity index is 1090. The normalized spacial score (nSPS) is 22.0. The number of Topliss-reactive ketones (excluding diaryl/α,β-unsaturated/α-hetero) is 1. The van der Waals surface area contributed by atoms with Crippen molar-refractivity contribution in [3.63, 3.8) is 0 Å². The van der Waals surface area contributed by atoms with Gasteiger partial charge in [0.15, 0.2) is 0 Å². The lowest BCUT2D eigenvalue weighted by molar-refractivity contribution is -0.140. The molecule has 0 aromatic heterocycles. The standard InChI is InChI=1S/C25H27NO7/c1-30-16-7-4-6-15(12-16)22-21(23(27)19-13-17(31-2)9-10-20(19)32-3)24(28)25(29)26(22)14-18-8-5-11-33-18/h4,6-7,9-10,12-13,18,22,27H,5,8,11,14H2,1-3H3/b23-21+. The molecule has 0 bridgehead atoms. The van der Waals surface area contributed by atoms with Gasteiger partial charge in [0.25, 0.3) is 11.7 Å². The summed E-state index contributed by atoms with van der Waals surface area (Å²) in [5, 5.41) is 11.4. The van der Waals surface area contributed by atoms with Gasteiger partial charge in [-0.2, -0.15) is 0 Å². The van der Waals surface area contributed by atoms with E-state index in [1.807, 2.05) is 0 Å². The molecule has 0 spiro atoms. The number of ether oxygens (including phenoxy) is 4. The molecule has 2 aliphatic rings. The predicted molar refractivity (Wildman–Crippen MR) is 121 cm³/mol. The molecule has 2 saturated heterocycles. The van der Waals surface area contributed by atoms with Gasteiger partial charge in [0.1, 0.15) is 23.0 Å². The Morgan fingerprint density at radius 3 is 2.48 bits per heavy atom. The summed E-state index contributed by atoms with van der Waals surface area (Å²) >= 11 is 0. The van der Waals surface area contributed by atoms with E-state index in [4.69, 9.17) is 18.9 Å². The van der Waals surface area contributed by atoms with Crippen LogP contribution in [0.2, 0.25) is 0 Å². The largest absolute Gasteiger partial charge is 0.507 e. The van der Waals surface area contributed by atoms with Gasteiger partial charge < -0.3 is 29.0 Å². The molecule has 4 rings (SSSR count). The van der Waals surface area contributed by atoms with Gasteiger partial charge in [0.2, 0.25) is 0 Å². The third-order valence-electron chi connectivity index (χ3n) is 6.04. The van der Waals surface area contributed by atoms with Crippen LogP contribution in [0.1, 0.15) is 30.0 Å². The summed E-state index contributed by atoms with van der Waals surface area (Å²) in [6, 6.07) is 11.2. The molecule has 0 radical (unpaired) electrons. The van der Waals surface area contributed by atoms with Crippen molar-refractivity contribution in [2.24, 2.45) is 0 Å². The summed E-state index contributed by atoms with van der Waals surface area (Å²) in [7, 11) is 4.51. The third kappa shape index (κ3) is 4.26. The second kappa shape index (κ2) is 9.54. The van der Waals surface area contributed by atoms with Crippen LogP contribution in [-0.2, 0) is 14.3 Å². The zero-order valence-electron chi connectivity index (χ0n) is 18.9. The number of carbonyl (C=O) groups excluding carboxylic acids is 2. The first-order valence-corrected chi connectivity index (χ1v) is 10.7. The number of nitrogens with zero attached hydrogens (tertiary/aromatic N) is 1. The summed E-state index contributed by atoms with van der Waals surface area (Å²) in [4.78, 5) is 27.9. The molecule has 2 aliphatic heterocycles. The number of hydrogen-bond acceptors (Lipinski definition) is 7. The fourth-order valence-corrected chi connectivity index (χ4v) is 4.38. The lowest BCUT2D eigenvalue weighted by atomic mass is 9.94. The van der Waals surface area contributed by atoms with Crippen molar-refractivity contribution in [2.45, 2.75) is 25.0 Å². The number of methoxy groups -OCH3 is 3. The number of amides is 1. The van der Waals surface area contributed by atoms with Gasteiger partial charge in [-0.15, -0.1) is 0 Å². The first kappa shape index (κ1) is 22.7. The van der Waals surface area contributed by atoms with Gasteiger partial charge in [-0.25, -0.2) is 0 Å². The zero-order chi connectivity index (χ0) is 23.5. The van der Waals surface area contributed by atoms with Crippen molar-refractivity contribution in [2.75, 3.05) is 34.5 Å². The maximum absolute atomic E-state index is 13.2. The Kier molecular flexibility index (Phi) is 6.55. The van der Waals surface area contributed by atoms with Gasteiger partial charge in [0.05, 0.1) is 44.6 Å². The van der Waals surface area contributed by atoms with E-state index in [9.17, 15) is 14.7 Å². The van der Waals surface area contributed by atoms with Crippen molar-refractivity contribution >= 4 is 17.4 Å². The van der Waals surface area contributed by atoms with Crippen molar-refractivity contribution in [1.29, 1.82) is 0 Å². The molecule has 0 aliphatic carbocycles. The second-order valence-corrected chi connectivity index (χ2v) is 7.93. The lowest BCUT2D eigenvalue weighted by Crippen LogP contribution is -2.36. The molecule has 2 atom stereocenters. The molecule has 8 nitrogen and oxygen atoms in total. The van der Waals surface area contributed by atoms with Crippen LogP contribution in [0.4, 0.5) is 0 Å². The quantitative estimate of drug-likeness (QED) is 0.390. The number of ketones is 1. The smallest absolute Gasteiger partial charge is 0.295 e. The highest BCUT2D eigenvalue weighted by Crippen LogP contribution is 2.42. The van der Waals surface area contributed by atoms with Crippen LogP contribution in [-0.4, -0.2) is 62.3 Å². The van der Waals surface area contributed by atoms with E-state index < -0.39 is 17.7 Å². The molecular formula is C25H27NO7. The van der Waals surface area contributed by atoms with Crippen LogP contribution in [0.3, 0.4) is 0 Å². The van der Waals surface area contributed by atoms with Crippen molar-refractivity contribution in [1.82, 2.24) is 4.90 Å². The average molecular weight is 453 g/mol. The number of rotatable bonds is 7. The molecule has 2 aromatic carbocycles. The second-order valence-electron chi connectivity index (χ2n) is 7.93. The molecule has 2 heterocycles. The van der Waals surface area contributed by atoms with E-state index in [1.54, 1.807) is 49.6 Å². The molecule has 174 valence electrons. The SMILES string of the molecule is COc1cccc(C2/C(=C(\O)c3cc(OC)ccc3OC)C(=O)C(=O)N2CC2CCCO2)c1. The van der Waals surface area contributed by atoms with E-state index in [0.29, 0.717) is 29.4 Å². The number of aliphatic hydroxyl groups is 1. The summed E-state index contributed by atoms with van der Waals surface area (Å²) in [6.45, 7) is 0.873. The molecule has 1 N–H and O–H groups in total. The maximum atomic E-state index is 13.2. The summed E-state index contributed by atoms with van der Waals surface area (Å²) in [6.07, 6.45) is 1.54. The number of benzene rings is 2. The van der Waals surface area contributed by atoms with Crippen LogP contribution >= 0.6 is 0 Å². The fourth-order valence-electron chi connectivity index (χ4n) is 4.38. The van der Waals surface area contributed by atoms with Gasteiger partial charge in [-0.05, 0) is 48.7 Å². The first-order valence-electron chi connectivity index (χ1n) is 10.7. The minimum Gasteiger partial charge on any atom is -0.507 e. The summed E-state index contributed by atoms with van der Waals surface area (Å²) < 4.78 is 21.8. The Balaban J connectivity index is 1.88. The van der Waals surface area contributed by atoms with Crippen LogP contribution in [0.5, 0.6) is 17.2 Å². The Labute approximate surface area is 192 Å². The van der Waals surface area contributed by atoms with Gasteiger partial charge >= 0.3 is 0 Å². The number of hydrogen-bond donors (Lipinski definition) is 1. The number of likely N-dealkylation sites (tertiary alicyclic amines) is 1. The van der Waals surface area contributed by atoms with Crippen molar-refractivity contribution in [3.8, 4) is 17.2 Å². The molecule has 2 aromatic rings. The number of carbonyl (C=O) groups is 2. The highest BCUT2D eigenvalue weighted by molar-refractivity contribution is 6.46. The Morgan fingerprint density at radius 2 is 1.82 bits per heavy atom.